The van der Waals surface area contributed by atoms with E-state index in [-0.39, 0.29) is 23.6 Å². The van der Waals surface area contributed by atoms with Crippen LogP contribution in [0.25, 0.3) is 0 Å². The Kier molecular flexibility index (Phi) is 17.9. The first-order valence-electron chi connectivity index (χ1n) is 21.3. The lowest BCUT2D eigenvalue weighted by atomic mass is 9.79. The lowest BCUT2D eigenvalue weighted by Crippen LogP contribution is -2.38. The number of rotatable bonds is 23. The fraction of sp³-hybridized carbons (Fsp3) is 0.830. The Morgan fingerprint density at radius 1 is 0.717 bits per heavy atom. The smallest absolute Gasteiger partial charge is 0.316 e. The Bertz CT molecular complexity index is 1320. The summed E-state index contributed by atoms with van der Waals surface area (Å²) in [4.78, 5) is 27.0. The molecule has 0 aliphatic carbocycles. The molecule has 0 aromatic heterocycles. The zero-order valence-corrected chi connectivity index (χ0v) is 37.4. The van der Waals surface area contributed by atoms with E-state index < -0.39 is 16.4 Å². The van der Waals surface area contributed by atoms with Crippen LogP contribution in [0.5, 0.6) is 11.5 Å². The van der Waals surface area contributed by atoms with Gasteiger partial charge in [0, 0.05) is 12.0 Å². The molecule has 0 N–H and O–H groups in total. The average molecular weight is 743 g/mol. The molecule has 0 amide bonds. The van der Waals surface area contributed by atoms with Crippen molar-refractivity contribution >= 4 is 11.9 Å². The molecule has 3 unspecified atom stereocenters. The van der Waals surface area contributed by atoms with Gasteiger partial charge in [0.05, 0.1) is 23.5 Å². The topological polar surface area (TPSA) is 71.1 Å². The predicted molar refractivity (Wildman–Crippen MR) is 221 cm³/mol. The molecule has 6 heteroatoms. The standard InChI is InChI=1S/C47H82O6/c1-32(2)20-17-21-34(5)22-18-23-35(6)24-19-26-47(16)27-25-39-38(9)40(36(7)37(8)41(39)52-47)51-42(48)44(10,11)28-29-45(12,13)43(49)53-46(14,15)30-31-50-33(3)4/h32-35H,17-31H2,1-16H3. The van der Waals surface area contributed by atoms with Gasteiger partial charge in [0.25, 0.3) is 0 Å². The summed E-state index contributed by atoms with van der Waals surface area (Å²) in [5.74, 6) is 3.49. The third kappa shape index (κ3) is 15.2. The number of hydrogen-bond acceptors (Lipinski definition) is 6. The van der Waals surface area contributed by atoms with Gasteiger partial charge in [-0.05, 0) is 156 Å². The SMILES string of the molecule is Cc1c(C)c2c(c(C)c1OC(=O)C(C)(C)CCC(C)(C)C(=O)OC(C)(C)CCOC(C)C)CCC(C)(CCCC(C)CCCC(C)CCCC(C)C)O2. The highest BCUT2D eigenvalue weighted by atomic mass is 16.6. The summed E-state index contributed by atoms with van der Waals surface area (Å²) in [6.07, 6.45) is 15.2. The molecule has 1 aromatic carbocycles. The third-order valence-corrected chi connectivity index (χ3v) is 12.0. The van der Waals surface area contributed by atoms with Crippen molar-refractivity contribution in [1.82, 2.24) is 0 Å². The Balaban J connectivity index is 1.97. The molecule has 306 valence electrons. The van der Waals surface area contributed by atoms with Crippen LogP contribution >= 0.6 is 0 Å². The van der Waals surface area contributed by atoms with E-state index in [0.717, 1.165) is 65.0 Å². The Morgan fingerprint density at radius 2 is 1.25 bits per heavy atom. The minimum Gasteiger partial charge on any atom is -0.487 e. The van der Waals surface area contributed by atoms with E-state index in [9.17, 15) is 9.59 Å². The van der Waals surface area contributed by atoms with Crippen molar-refractivity contribution in [2.75, 3.05) is 6.61 Å². The summed E-state index contributed by atoms with van der Waals surface area (Å²) in [6.45, 7) is 33.9. The van der Waals surface area contributed by atoms with Crippen molar-refractivity contribution in [1.29, 1.82) is 0 Å². The maximum atomic E-state index is 13.8. The third-order valence-electron chi connectivity index (χ3n) is 12.0. The van der Waals surface area contributed by atoms with Crippen molar-refractivity contribution in [3.8, 4) is 11.5 Å². The second kappa shape index (κ2) is 20.2. The molecule has 0 radical (unpaired) electrons. The highest BCUT2D eigenvalue weighted by molar-refractivity contribution is 5.80. The normalized spacial score (nSPS) is 17.8. The molecule has 2 rings (SSSR count). The minimum atomic E-state index is -0.793. The van der Waals surface area contributed by atoms with Crippen molar-refractivity contribution in [3.05, 3.63) is 22.3 Å². The summed E-state index contributed by atoms with van der Waals surface area (Å²) < 4.78 is 24.7. The van der Waals surface area contributed by atoms with Crippen molar-refractivity contribution in [2.24, 2.45) is 28.6 Å². The summed E-state index contributed by atoms with van der Waals surface area (Å²) in [7, 11) is 0. The van der Waals surface area contributed by atoms with Crippen LogP contribution in [0.4, 0.5) is 0 Å². The van der Waals surface area contributed by atoms with E-state index in [1.54, 1.807) is 0 Å². The summed E-state index contributed by atoms with van der Waals surface area (Å²) in [5.41, 5.74) is 1.79. The van der Waals surface area contributed by atoms with Gasteiger partial charge in [-0.15, -0.1) is 0 Å². The molecule has 1 aliphatic heterocycles. The molecule has 0 fully saturated rings. The second-order valence-electron chi connectivity index (χ2n) is 19.9. The second-order valence-corrected chi connectivity index (χ2v) is 19.9. The first-order valence-corrected chi connectivity index (χ1v) is 21.3. The largest absolute Gasteiger partial charge is 0.487 e. The number of carbonyl (C=O) groups excluding carboxylic acids is 2. The number of fused-ring (bicyclic) bond motifs is 1. The molecular formula is C47H82O6. The van der Waals surface area contributed by atoms with Gasteiger partial charge in [0.15, 0.2) is 0 Å². The van der Waals surface area contributed by atoms with Gasteiger partial charge in [-0.25, -0.2) is 0 Å². The van der Waals surface area contributed by atoms with Crippen LogP contribution in [0.3, 0.4) is 0 Å². The van der Waals surface area contributed by atoms with Gasteiger partial charge < -0.3 is 18.9 Å². The van der Waals surface area contributed by atoms with Crippen LogP contribution in [-0.2, 0) is 25.5 Å². The van der Waals surface area contributed by atoms with Gasteiger partial charge in [-0.3, -0.25) is 9.59 Å². The molecule has 53 heavy (non-hydrogen) atoms. The van der Waals surface area contributed by atoms with E-state index in [4.69, 9.17) is 18.9 Å². The molecule has 1 aliphatic rings. The molecule has 1 heterocycles. The zero-order chi connectivity index (χ0) is 40.4. The number of esters is 2. The lowest BCUT2D eigenvalue weighted by Gasteiger charge is -2.38. The van der Waals surface area contributed by atoms with Gasteiger partial charge in [0.1, 0.15) is 22.7 Å². The van der Waals surface area contributed by atoms with Crippen LogP contribution in [0.15, 0.2) is 0 Å². The van der Waals surface area contributed by atoms with Crippen LogP contribution in [0, 0.1) is 49.4 Å². The minimum absolute atomic E-state index is 0.133. The van der Waals surface area contributed by atoms with Gasteiger partial charge in [-0.1, -0.05) is 72.6 Å². The molecule has 6 nitrogen and oxygen atoms in total. The Labute approximate surface area is 326 Å². The predicted octanol–water partition coefficient (Wildman–Crippen LogP) is 13.0. The lowest BCUT2D eigenvalue weighted by molar-refractivity contribution is -0.170. The van der Waals surface area contributed by atoms with E-state index in [1.165, 1.54) is 51.4 Å². The Hall–Kier alpha value is -2.08. The summed E-state index contributed by atoms with van der Waals surface area (Å²) in [6, 6.07) is 0. The highest BCUT2D eigenvalue weighted by Gasteiger charge is 2.40. The van der Waals surface area contributed by atoms with Crippen molar-refractivity contribution in [3.63, 3.8) is 0 Å². The van der Waals surface area contributed by atoms with E-state index in [2.05, 4.69) is 48.5 Å². The molecular weight excluding hydrogens is 661 g/mol. The molecule has 1 aromatic rings. The van der Waals surface area contributed by atoms with Crippen LogP contribution in [-0.4, -0.2) is 35.9 Å². The zero-order valence-electron chi connectivity index (χ0n) is 37.4. The summed E-state index contributed by atoms with van der Waals surface area (Å²) >= 11 is 0. The van der Waals surface area contributed by atoms with Crippen LogP contribution in [0.2, 0.25) is 0 Å². The average Bonchev–Trinajstić information content (AvgIpc) is 3.04. The molecule has 0 saturated carbocycles. The molecule has 0 saturated heterocycles. The first kappa shape index (κ1) is 47.1. The monoisotopic (exact) mass is 743 g/mol. The van der Waals surface area contributed by atoms with E-state index in [1.807, 2.05) is 62.3 Å². The first-order chi connectivity index (χ1) is 24.4. The maximum Gasteiger partial charge on any atom is 0.316 e. The van der Waals surface area contributed by atoms with Gasteiger partial charge in [0.2, 0.25) is 0 Å². The van der Waals surface area contributed by atoms with E-state index in [0.29, 0.717) is 31.6 Å². The van der Waals surface area contributed by atoms with Gasteiger partial charge >= 0.3 is 11.9 Å². The fourth-order valence-electron chi connectivity index (χ4n) is 7.45. The molecule has 0 spiro atoms. The quantitative estimate of drug-likeness (QED) is 0.0821. The number of ether oxygens (including phenoxy) is 4. The van der Waals surface area contributed by atoms with Gasteiger partial charge in [-0.2, -0.15) is 0 Å². The number of carbonyl (C=O) groups is 2. The fourth-order valence-corrected chi connectivity index (χ4v) is 7.45. The molecule has 0 bridgehead atoms. The Morgan fingerprint density at radius 3 is 1.79 bits per heavy atom. The molecule has 3 atom stereocenters. The highest BCUT2D eigenvalue weighted by Crippen LogP contribution is 2.46. The van der Waals surface area contributed by atoms with Crippen molar-refractivity contribution in [2.45, 2.75) is 218 Å². The number of hydrogen-bond donors (Lipinski definition) is 0. The van der Waals surface area contributed by atoms with Crippen LogP contribution in [0.1, 0.15) is 196 Å². The van der Waals surface area contributed by atoms with E-state index >= 15 is 0 Å². The summed E-state index contributed by atoms with van der Waals surface area (Å²) in [5, 5.41) is 0. The van der Waals surface area contributed by atoms with Crippen molar-refractivity contribution < 1.29 is 28.5 Å². The van der Waals surface area contributed by atoms with Crippen LogP contribution < -0.4 is 9.47 Å². The number of benzene rings is 1. The maximum absolute atomic E-state index is 13.8.